The number of allylic oxidation sites excluding steroid dienone is 2. The molecule has 0 aromatic heterocycles. The number of carbonyl (C=O) groups excluding carboxylic acids is 1. The second-order valence-electron chi connectivity index (χ2n) is 10.4. The van der Waals surface area contributed by atoms with Crippen molar-refractivity contribution in [3.05, 3.63) is 72.3 Å². The molecule has 2 rings (SSSR count). The normalized spacial score (nSPS) is 12.6. The van der Waals surface area contributed by atoms with E-state index in [4.69, 9.17) is 0 Å². The molecule has 3 N–H and O–H groups in total. The molecular weight excluding hydrogens is 493 g/mol. The Kier molecular flexibility index (Phi) is 16.0. The van der Waals surface area contributed by atoms with E-state index in [0.29, 0.717) is 12.8 Å². The van der Waals surface area contributed by atoms with Crippen LogP contribution in [0.25, 0.3) is 11.1 Å². The number of carbonyl (C=O) groups is 1. The van der Waals surface area contributed by atoms with Gasteiger partial charge in [-0.3, -0.25) is 9.36 Å². The van der Waals surface area contributed by atoms with E-state index in [2.05, 4.69) is 24.4 Å². The van der Waals surface area contributed by atoms with Crippen LogP contribution in [-0.2, 0) is 15.8 Å². The topological polar surface area (TPSA) is 86.6 Å². The average Bonchev–Trinajstić information content (AvgIpc) is 2.89. The minimum atomic E-state index is -4.26. The summed E-state index contributed by atoms with van der Waals surface area (Å²) < 4.78 is 11.7. The first-order chi connectivity index (χ1) is 18.4. The Labute approximate surface area is 230 Å². The molecule has 2 aromatic carbocycles. The van der Waals surface area contributed by atoms with E-state index in [0.717, 1.165) is 48.8 Å². The van der Waals surface area contributed by atoms with E-state index >= 15 is 0 Å². The molecule has 2 aromatic rings. The van der Waals surface area contributed by atoms with Crippen molar-refractivity contribution >= 4 is 13.5 Å². The fourth-order valence-corrected chi connectivity index (χ4v) is 5.47. The van der Waals surface area contributed by atoms with Crippen molar-refractivity contribution in [3.8, 4) is 11.1 Å². The molecule has 6 heteroatoms. The molecule has 38 heavy (non-hydrogen) atoms. The zero-order valence-electron chi connectivity index (χ0n) is 23.2. The quantitative estimate of drug-likeness (QED) is 0.0896. The predicted octanol–water partition coefficient (Wildman–Crippen LogP) is 8.21. The Morgan fingerprint density at radius 3 is 1.95 bits per heavy atom. The van der Waals surface area contributed by atoms with Crippen LogP contribution in [0.15, 0.2) is 66.7 Å². The molecule has 1 amide bonds. The van der Waals surface area contributed by atoms with Crippen molar-refractivity contribution < 1.29 is 19.1 Å². The number of unbranched alkanes of at least 4 members (excludes halogenated alkanes) is 10. The molecule has 0 saturated carbocycles. The Morgan fingerprint density at radius 1 is 0.789 bits per heavy atom. The molecule has 0 aliphatic heterocycles. The van der Waals surface area contributed by atoms with E-state index in [1.54, 1.807) is 0 Å². The van der Waals surface area contributed by atoms with Gasteiger partial charge in [0.15, 0.2) is 0 Å². The summed E-state index contributed by atoms with van der Waals surface area (Å²) >= 11 is 0. The summed E-state index contributed by atoms with van der Waals surface area (Å²) in [5.41, 5.74) is 3.13. The minimum Gasteiger partial charge on any atom is -0.352 e. The van der Waals surface area contributed by atoms with Crippen molar-refractivity contribution in [1.82, 2.24) is 5.32 Å². The highest BCUT2D eigenvalue weighted by Crippen LogP contribution is 2.35. The third-order valence-electron chi connectivity index (χ3n) is 6.78. The van der Waals surface area contributed by atoms with Crippen LogP contribution in [0.3, 0.4) is 0 Å². The molecule has 0 unspecified atom stereocenters. The lowest BCUT2D eigenvalue weighted by molar-refractivity contribution is -0.121. The second-order valence-corrected chi connectivity index (χ2v) is 12.1. The molecule has 0 saturated heterocycles. The maximum atomic E-state index is 12.5. The standard InChI is InChI=1S/C32H48NO4P/c1-2-3-4-5-6-7-8-9-10-11-12-13-14-18-21-32(34)33-31(27-38(35,36)37)26-28-22-24-30(25-23-28)29-19-16-15-17-20-29/h9-10,15-17,19-20,22-25,31H,2-8,11-14,18,21,26-27H2,1H3,(H,33,34)(H2,35,36,37)/b10-9-/t31-/m1/s1. The molecule has 0 aliphatic rings. The average molecular weight is 542 g/mol. The first kappa shape index (κ1) is 32.0. The number of amides is 1. The van der Waals surface area contributed by atoms with Crippen LogP contribution in [0.2, 0.25) is 0 Å². The molecule has 0 bridgehead atoms. The molecule has 1 atom stereocenters. The van der Waals surface area contributed by atoms with Gasteiger partial charge < -0.3 is 15.1 Å². The lowest BCUT2D eigenvalue weighted by Crippen LogP contribution is -2.39. The van der Waals surface area contributed by atoms with Crippen LogP contribution in [0, 0.1) is 0 Å². The summed E-state index contributed by atoms with van der Waals surface area (Å²) in [6.45, 7) is 2.25. The zero-order chi connectivity index (χ0) is 27.5. The number of hydrogen-bond acceptors (Lipinski definition) is 2. The Hall–Kier alpha value is -2.20. The van der Waals surface area contributed by atoms with Crippen LogP contribution in [0.5, 0.6) is 0 Å². The number of rotatable bonds is 20. The maximum absolute atomic E-state index is 12.5. The number of hydrogen-bond donors (Lipinski definition) is 3. The molecule has 0 heterocycles. The lowest BCUT2D eigenvalue weighted by atomic mass is 10.0. The predicted molar refractivity (Wildman–Crippen MR) is 159 cm³/mol. The van der Waals surface area contributed by atoms with Gasteiger partial charge in [0.25, 0.3) is 0 Å². The molecule has 0 spiro atoms. The maximum Gasteiger partial charge on any atom is 0.327 e. The lowest BCUT2D eigenvalue weighted by Gasteiger charge is -2.20. The number of nitrogens with one attached hydrogen (secondary N) is 1. The Morgan fingerprint density at radius 2 is 1.34 bits per heavy atom. The van der Waals surface area contributed by atoms with Crippen LogP contribution < -0.4 is 5.32 Å². The molecule has 0 radical (unpaired) electrons. The van der Waals surface area contributed by atoms with E-state index < -0.39 is 13.6 Å². The largest absolute Gasteiger partial charge is 0.352 e. The van der Waals surface area contributed by atoms with E-state index in [1.165, 1.54) is 44.9 Å². The van der Waals surface area contributed by atoms with Gasteiger partial charge in [0, 0.05) is 12.5 Å². The third kappa shape index (κ3) is 15.3. The summed E-state index contributed by atoms with van der Waals surface area (Å²) in [6, 6.07) is 17.4. The van der Waals surface area contributed by atoms with Gasteiger partial charge >= 0.3 is 7.60 Å². The fourth-order valence-electron chi connectivity index (χ4n) is 4.68. The second kappa shape index (κ2) is 19.0. The first-order valence-corrected chi connectivity index (χ1v) is 16.3. The molecule has 5 nitrogen and oxygen atoms in total. The minimum absolute atomic E-state index is 0.136. The van der Waals surface area contributed by atoms with Gasteiger partial charge in [-0.25, -0.2) is 0 Å². The van der Waals surface area contributed by atoms with Gasteiger partial charge in [0.05, 0.1) is 6.16 Å². The van der Waals surface area contributed by atoms with Gasteiger partial charge in [0.1, 0.15) is 0 Å². The van der Waals surface area contributed by atoms with Gasteiger partial charge in [-0.05, 0) is 55.2 Å². The highest BCUT2D eigenvalue weighted by atomic mass is 31.2. The number of benzene rings is 2. The van der Waals surface area contributed by atoms with Gasteiger partial charge in [-0.15, -0.1) is 0 Å². The van der Waals surface area contributed by atoms with E-state index in [-0.39, 0.29) is 12.1 Å². The summed E-state index contributed by atoms with van der Waals surface area (Å²) in [5, 5.41) is 2.87. The summed E-state index contributed by atoms with van der Waals surface area (Å²) in [7, 11) is -4.26. The third-order valence-corrected chi connectivity index (χ3v) is 7.70. The van der Waals surface area contributed by atoms with Crippen LogP contribution in [0.1, 0.15) is 96.0 Å². The smallest absolute Gasteiger partial charge is 0.327 e. The van der Waals surface area contributed by atoms with Crippen LogP contribution >= 0.6 is 7.60 Å². The first-order valence-electron chi connectivity index (χ1n) is 14.5. The molecule has 0 fully saturated rings. The summed E-state index contributed by atoms with van der Waals surface area (Å²) in [6.07, 6.45) is 19.3. The molecule has 0 aliphatic carbocycles. The van der Waals surface area contributed by atoms with Crippen molar-refractivity contribution in [1.29, 1.82) is 0 Å². The van der Waals surface area contributed by atoms with Crippen molar-refractivity contribution in [2.45, 2.75) is 103 Å². The van der Waals surface area contributed by atoms with Crippen molar-refractivity contribution in [2.75, 3.05) is 6.16 Å². The van der Waals surface area contributed by atoms with Gasteiger partial charge in [-0.1, -0.05) is 119 Å². The fraction of sp³-hybridized carbons (Fsp3) is 0.531. The Bertz CT molecular complexity index is 969. The zero-order valence-corrected chi connectivity index (χ0v) is 24.1. The van der Waals surface area contributed by atoms with Crippen molar-refractivity contribution in [2.24, 2.45) is 0 Å². The van der Waals surface area contributed by atoms with E-state index in [9.17, 15) is 19.1 Å². The summed E-state index contributed by atoms with van der Waals surface area (Å²) in [5.74, 6) is -0.136. The summed E-state index contributed by atoms with van der Waals surface area (Å²) in [4.78, 5) is 31.6. The van der Waals surface area contributed by atoms with Gasteiger partial charge in [-0.2, -0.15) is 0 Å². The highest BCUT2D eigenvalue weighted by Gasteiger charge is 2.23. The highest BCUT2D eigenvalue weighted by molar-refractivity contribution is 7.51. The monoisotopic (exact) mass is 541 g/mol. The Balaban J connectivity index is 1.65. The SMILES string of the molecule is CCCCCCCC/C=C\CCCCCCC(=O)N[C@H](Cc1ccc(-c2ccccc2)cc1)CP(=O)(O)O. The van der Waals surface area contributed by atoms with Crippen molar-refractivity contribution in [3.63, 3.8) is 0 Å². The van der Waals surface area contributed by atoms with E-state index in [1.807, 2.05) is 54.6 Å². The van der Waals surface area contributed by atoms with Gasteiger partial charge in [0.2, 0.25) is 5.91 Å². The molecule has 210 valence electrons. The molecular formula is C32H48NO4P. The van der Waals surface area contributed by atoms with Crippen LogP contribution in [-0.4, -0.2) is 27.9 Å². The van der Waals surface area contributed by atoms with Crippen LogP contribution in [0.4, 0.5) is 0 Å².